The summed E-state index contributed by atoms with van der Waals surface area (Å²) in [4.78, 5) is 10.0. The molecule has 0 N–H and O–H groups in total. The van der Waals surface area contributed by atoms with E-state index in [1.165, 1.54) is 37.1 Å². The first kappa shape index (κ1) is 16.9. The number of benzene rings is 1. The summed E-state index contributed by atoms with van der Waals surface area (Å²) >= 11 is 0. The van der Waals surface area contributed by atoms with E-state index in [9.17, 15) is 18.5 Å². The van der Waals surface area contributed by atoms with Crippen molar-refractivity contribution in [1.82, 2.24) is 0 Å². The van der Waals surface area contributed by atoms with Crippen LogP contribution >= 0.6 is 0 Å². The van der Waals surface area contributed by atoms with Gasteiger partial charge in [0.2, 0.25) is 0 Å². The van der Waals surface area contributed by atoms with Crippen molar-refractivity contribution in [3.8, 4) is 0 Å². The van der Waals surface area contributed by atoms with Crippen molar-refractivity contribution in [3.05, 3.63) is 34.4 Å². The van der Waals surface area contributed by atoms with E-state index in [0.717, 1.165) is 38.5 Å². The van der Waals surface area contributed by atoms with Crippen LogP contribution in [0.15, 0.2) is 29.2 Å². The summed E-state index contributed by atoms with van der Waals surface area (Å²) < 4.78 is 29.9. The summed E-state index contributed by atoms with van der Waals surface area (Å²) in [6.45, 7) is 0. The highest BCUT2D eigenvalue weighted by Crippen LogP contribution is 2.24. The molecule has 0 heterocycles. The Bertz CT molecular complexity index is 587. The molecule has 1 saturated carbocycles. The fourth-order valence-corrected chi connectivity index (χ4v) is 3.79. The molecule has 1 aromatic carbocycles. The average Bonchev–Trinajstić information content (AvgIpc) is 2.61. The highest BCUT2D eigenvalue weighted by atomic mass is 32.2. The molecule has 6 nitrogen and oxygen atoms in total. The molecule has 7 heteroatoms. The summed E-state index contributed by atoms with van der Waals surface area (Å²) in [7, 11) is -3.86. The van der Waals surface area contributed by atoms with Gasteiger partial charge in [-0.15, -0.1) is 0 Å². The predicted octanol–water partition coefficient (Wildman–Crippen LogP) is 3.80. The van der Waals surface area contributed by atoms with Gasteiger partial charge in [-0.3, -0.25) is 14.3 Å². The third-order valence-corrected chi connectivity index (χ3v) is 5.28. The van der Waals surface area contributed by atoms with E-state index in [1.54, 1.807) is 0 Å². The summed E-state index contributed by atoms with van der Waals surface area (Å²) in [5, 5.41) is 10.6. The summed E-state index contributed by atoms with van der Waals surface area (Å²) in [5.41, 5.74) is -0.138. The van der Waals surface area contributed by atoms with Gasteiger partial charge >= 0.3 is 0 Å². The Morgan fingerprint density at radius 1 is 0.955 bits per heavy atom. The Morgan fingerprint density at radius 3 is 1.95 bits per heavy atom. The largest absolute Gasteiger partial charge is 0.297 e. The molecule has 0 amide bonds. The number of hydrogen-bond acceptors (Lipinski definition) is 5. The van der Waals surface area contributed by atoms with E-state index >= 15 is 0 Å². The molecular formula is C15H21NO5S. The van der Waals surface area contributed by atoms with Crippen LogP contribution in [-0.2, 0) is 14.3 Å². The van der Waals surface area contributed by atoms with Crippen molar-refractivity contribution in [1.29, 1.82) is 0 Å². The van der Waals surface area contributed by atoms with Crippen LogP contribution in [0, 0.1) is 10.1 Å². The van der Waals surface area contributed by atoms with Gasteiger partial charge in [0.1, 0.15) is 0 Å². The SMILES string of the molecule is O=[N+]([O-])c1ccc(S(=O)(=O)OC2CCCCCCCC2)cc1. The first-order chi connectivity index (χ1) is 10.5. The molecule has 1 aromatic rings. The lowest BCUT2D eigenvalue weighted by molar-refractivity contribution is -0.384. The van der Waals surface area contributed by atoms with Gasteiger partial charge in [-0.05, 0) is 25.0 Å². The average molecular weight is 327 g/mol. The lowest BCUT2D eigenvalue weighted by Gasteiger charge is -2.16. The number of non-ortho nitro benzene ring substituents is 1. The van der Waals surface area contributed by atoms with Gasteiger partial charge in [-0.2, -0.15) is 8.42 Å². The van der Waals surface area contributed by atoms with E-state index < -0.39 is 15.0 Å². The number of nitro groups is 1. The molecule has 0 saturated heterocycles. The molecule has 2 rings (SSSR count). The van der Waals surface area contributed by atoms with Crippen LogP contribution in [0.4, 0.5) is 5.69 Å². The van der Waals surface area contributed by atoms with E-state index in [0.29, 0.717) is 0 Å². The zero-order chi connectivity index (χ0) is 16.0. The van der Waals surface area contributed by atoms with Gasteiger partial charge in [-0.25, -0.2) is 0 Å². The Morgan fingerprint density at radius 2 is 1.45 bits per heavy atom. The third-order valence-electron chi connectivity index (χ3n) is 3.90. The van der Waals surface area contributed by atoms with Crippen molar-refractivity contribution < 1.29 is 17.5 Å². The van der Waals surface area contributed by atoms with Crippen LogP contribution in [0.3, 0.4) is 0 Å². The second-order valence-corrected chi connectivity index (χ2v) is 7.19. The zero-order valence-electron chi connectivity index (χ0n) is 12.4. The number of nitrogens with zero attached hydrogens (tertiary/aromatic N) is 1. The van der Waals surface area contributed by atoms with Crippen LogP contribution < -0.4 is 0 Å². The minimum absolute atomic E-state index is 0.0297. The fraction of sp³-hybridized carbons (Fsp3) is 0.600. The van der Waals surface area contributed by atoms with Gasteiger partial charge in [0.05, 0.1) is 15.9 Å². The van der Waals surface area contributed by atoms with Crippen LogP contribution in [0.1, 0.15) is 51.4 Å². The molecule has 1 aliphatic carbocycles. The second-order valence-electron chi connectivity index (χ2n) is 5.62. The van der Waals surface area contributed by atoms with Crippen molar-refractivity contribution in [2.45, 2.75) is 62.4 Å². The van der Waals surface area contributed by atoms with Crippen molar-refractivity contribution >= 4 is 15.8 Å². The highest BCUT2D eigenvalue weighted by molar-refractivity contribution is 7.86. The molecule has 0 unspecified atom stereocenters. The quantitative estimate of drug-likeness (QED) is 0.477. The predicted molar refractivity (Wildman–Crippen MR) is 82.1 cm³/mol. The van der Waals surface area contributed by atoms with Gasteiger partial charge in [-0.1, -0.05) is 38.5 Å². The molecule has 22 heavy (non-hydrogen) atoms. The lowest BCUT2D eigenvalue weighted by atomic mass is 10.1. The molecule has 0 spiro atoms. The molecule has 0 bridgehead atoms. The highest BCUT2D eigenvalue weighted by Gasteiger charge is 2.22. The number of hydrogen-bond donors (Lipinski definition) is 0. The monoisotopic (exact) mass is 327 g/mol. The first-order valence-electron chi connectivity index (χ1n) is 7.67. The molecule has 1 fully saturated rings. The smallest absolute Gasteiger partial charge is 0.263 e. The fourth-order valence-electron chi connectivity index (χ4n) is 2.66. The van der Waals surface area contributed by atoms with E-state index in [1.807, 2.05) is 0 Å². The van der Waals surface area contributed by atoms with Crippen LogP contribution in [0.5, 0.6) is 0 Å². The molecule has 1 aliphatic rings. The Kier molecular flexibility index (Phi) is 5.90. The van der Waals surface area contributed by atoms with Crippen molar-refractivity contribution in [3.63, 3.8) is 0 Å². The van der Waals surface area contributed by atoms with Crippen LogP contribution in [0.25, 0.3) is 0 Å². The maximum Gasteiger partial charge on any atom is 0.297 e. The normalized spacial score (nSPS) is 18.2. The van der Waals surface area contributed by atoms with Crippen LogP contribution in [0.2, 0.25) is 0 Å². The number of nitro benzene ring substituents is 1. The van der Waals surface area contributed by atoms with E-state index in [2.05, 4.69) is 0 Å². The minimum atomic E-state index is -3.86. The second kappa shape index (κ2) is 7.69. The zero-order valence-corrected chi connectivity index (χ0v) is 13.3. The Hall–Kier alpha value is -1.47. The maximum absolute atomic E-state index is 12.3. The Labute approximate surface area is 130 Å². The Balaban J connectivity index is 2.06. The molecule has 0 aromatic heterocycles. The molecule has 0 atom stereocenters. The standard InChI is InChI=1S/C15H21NO5S/c17-16(18)13-9-11-15(12-10-13)22(19,20)21-14-7-5-3-1-2-4-6-8-14/h9-12,14H,1-8H2. The maximum atomic E-state index is 12.3. The van der Waals surface area contributed by atoms with Crippen molar-refractivity contribution in [2.75, 3.05) is 0 Å². The molecule has 122 valence electrons. The van der Waals surface area contributed by atoms with E-state index in [4.69, 9.17) is 4.18 Å². The van der Waals surface area contributed by atoms with Gasteiger partial charge < -0.3 is 0 Å². The molecule has 0 radical (unpaired) electrons. The van der Waals surface area contributed by atoms with E-state index in [-0.39, 0.29) is 16.7 Å². The van der Waals surface area contributed by atoms with Gasteiger partial charge in [0.25, 0.3) is 15.8 Å². The van der Waals surface area contributed by atoms with Gasteiger partial charge in [0.15, 0.2) is 0 Å². The van der Waals surface area contributed by atoms with Gasteiger partial charge in [0, 0.05) is 12.1 Å². The molecule has 0 aliphatic heterocycles. The third kappa shape index (κ3) is 4.78. The topological polar surface area (TPSA) is 86.5 Å². The number of rotatable bonds is 4. The molecular weight excluding hydrogens is 306 g/mol. The summed E-state index contributed by atoms with van der Waals surface area (Å²) in [6, 6.07) is 4.81. The first-order valence-corrected chi connectivity index (χ1v) is 9.07. The summed E-state index contributed by atoms with van der Waals surface area (Å²) in [5.74, 6) is 0. The summed E-state index contributed by atoms with van der Waals surface area (Å²) in [6.07, 6.45) is 7.75. The van der Waals surface area contributed by atoms with Crippen molar-refractivity contribution in [2.24, 2.45) is 0 Å². The minimum Gasteiger partial charge on any atom is -0.263 e. The lowest BCUT2D eigenvalue weighted by Crippen LogP contribution is -2.18. The van der Waals surface area contributed by atoms with Crippen LogP contribution in [-0.4, -0.2) is 19.4 Å².